The topological polar surface area (TPSA) is 312 Å². The molecule has 2 bridgehead atoms. The number of aliphatic hydroxyl groups is 6. The first kappa shape index (κ1) is 68.8. The van der Waals surface area contributed by atoms with E-state index in [0.29, 0.717) is 21.4 Å². The van der Waals surface area contributed by atoms with Crippen LogP contribution in [0.1, 0.15) is 62.9 Å². The number of methoxy groups -OCH3 is 5. The predicted molar refractivity (Wildman–Crippen MR) is 321 cm³/mol. The van der Waals surface area contributed by atoms with Crippen molar-refractivity contribution >= 4 is 77.0 Å². The first-order chi connectivity index (χ1) is 40.2. The highest BCUT2D eigenvalue weighted by molar-refractivity contribution is 14.1. The van der Waals surface area contributed by atoms with E-state index in [-0.39, 0.29) is 77.7 Å². The molecule has 1 aromatic carbocycles. The van der Waals surface area contributed by atoms with Gasteiger partial charge in [-0.2, -0.15) is 5.48 Å². The number of benzene rings is 1. The third-order valence-corrected chi connectivity index (χ3v) is 21.3. The summed E-state index contributed by atoms with van der Waals surface area (Å²) in [5.74, 6) is 12.2. The lowest BCUT2D eigenvalue weighted by Gasteiger charge is -2.47. The summed E-state index contributed by atoms with van der Waals surface area (Å²) in [5, 5.41) is 74.6. The third kappa shape index (κ3) is 15.8. The normalized spacial score (nSPS) is 36.8. The van der Waals surface area contributed by atoms with E-state index in [1.165, 1.54) is 72.0 Å². The summed E-state index contributed by atoms with van der Waals surface area (Å²) in [6, 6.07) is -1.24. The van der Waals surface area contributed by atoms with Crippen LogP contribution in [0.4, 0.5) is 4.79 Å². The molecule has 2 aliphatic carbocycles. The summed E-state index contributed by atoms with van der Waals surface area (Å²) in [7, 11) is 11.4. The van der Waals surface area contributed by atoms with E-state index < -0.39 is 120 Å². The molecular weight excluding hydrogens is 1290 g/mol. The number of hydrogen-bond acceptors (Lipinski definition) is 27. The molecule has 84 heavy (non-hydrogen) atoms. The van der Waals surface area contributed by atoms with Gasteiger partial charge in [-0.1, -0.05) is 70.0 Å². The minimum atomic E-state index is -1.95. The quantitative estimate of drug-likeness (QED) is 0.0265. The fourth-order valence-corrected chi connectivity index (χ4v) is 14.8. The molecule has 4 heterocycles. The maximum Gasteiger partial charge on any atom is 0.411 e. The van der Waals surface area contributed by atoms with Gasteiger partial charge in [0.15, 0.2) is 36.0 Å². The molecule has 4 aliphatic heterocycles. The van der Waals surface area contributed by atoms with Gasteiger partial charge in [0, 0.05) is 50.4 Å². The average molecular weight is 1370 g/mol. The number of likely N-dealkylation sites (N-methyl/N-ethyl adjacent to an activating group) is 1. The van der Waals surface area contributed by atoms with Crippen molar-refractivity contribution in [3.8, 4) is 40.9 Å². The third-order valence-electron chi connectivity index (χ3n) is 14.9. The predicted octanol–water partition coefficient (Wildman–Crippen LogP) is 2.99. The standard InChI is InChI=1S/C55H76IN3O21S4/c1-12-57-30-24-73-35(22-34(30)68-6)78-48-43(63)40(26(3)75-53(48)77-33-17-15-13-14-16-19-55(67)23-32(61)41(58-54(66)72-10)38(33)29(55)18-20-82-84-81-11)59-80-36-21-31(60)50(28(5)74-36)83-51(65)37-25(2)39(56)46(49(71-9)45(37)69-7)79-52-44(64)47(70-8)42(62)27(4)76-52/h13-14,18,26-28,30-36,40,42-44,47-48,50,52-53,57,59-64,67H,12,20-24H2,1-11H3,(H,58,66)/b14-13-,29-18+/t26-,27+,28-,30+,31+,32+,33+,34+,35+,36+,40-,42+,43+,44-,47-,48-,50-,52+,53+,55+/m1/s1. The van der Waals surface area contributed by atoms with Crippen molar-refractivity contribution in [1.29, 1.82) is 0 Å². The Morgan fingerprint density at radius 3 is 2.26 bits per heavy atom. The van der Waals surface area contributed by atoms with Crippen molar-refractivity contribution in [2.45, 2.75) is 175 Å². The number of alkyl carbamates (subject to hydrolysis) is 1. The second-order valence-electron chi connectivity index (χ2n) is 20.2. The second-order valence-corrected chi connectivity index (χ2v) is 26.8. The Morgan fingerprint density at radius 1 is 0.869 bits per heavy atom. The van der Waals surface area contributed by atoms with Crippen LogP contribution in [0.15, 0.2) is 35.1 Å². The summed E-state index contributed by atoms with van der Waals surface area (Å²) in [6.07, 6.45) is -12.8. The van der Waals surface area contributed by atoms with E-state index in [2.05, 4.69) is 39.8 Å². The van der Waals surface area contributed by atoms with Gasteiger partial charge in [0.25, 0.3) is 0 Å². The first-order valence-corrected chi connectivity index (χ1v) is 33.1. The molecule has 1 amide bonds. The molecule has 0 aromatic heterocycles. The molecule has 4 fully saturated rings. The summed E-state index contributed by atoms with van der Waals surface area (Å²) >= 11 is 2.83. The summed E-state index contributed by atoms with van der Waals surface area (Å²) in [5.41, 5.74) is 1.77. The van der Waals surface area contributed by atoms with Crippen LogP contribution in [0.25, 0.3) is 0 Å². The van der Waals surface area contributed by atoms with Gasteiger partial charge in [0.1, 0.15) is 36.6 Å². The number of fused-ring (bicyclic) bond motifs is 2. The van der Waals surface area contributed by atoms with Crippen molar-refractivity contribution in [3.05, 3.63) is 49.8 Å². The Bertz CT molecular complexity index is 2660. The van der Waals surface area contributed by atoms with Crippen LogP contribution in [0.3, 0.4) is 0 Å². The molecule has 0 radical (unpaired) electrons. The minimum absolute atomic E-state index is 0.0300. The molecule has 9 N–H and O–H groups in total. The number of halogens is 1. The molecule has 29 heteroatoms. The molecule has 468 valence electrons. The van der Waals surface area contributed by atoms with Crippen LogP contribution < -0.4 is 30.3 Å². The Kier molecular flexibility index (Phi) is 26.0. The smallest absolute Gasteiger partial charge is 0.411 e. The lowest BCUT2D eigenvalue weighted by molar-refractivity contribution is -0.336. The van der Waals surface area contributed by atoms with Gasteiger partial charge < -0.3 is 92.8 Å². The Morgan fingerprint density at radius 2 is 1.60 bits per heavy atom. The number of ether oxygens (including phenoxy) is 12. The number of amides is 1. The van der Waals surface area contributed by atoms with Gasteiger partial charge in [-0.15, -0.1) is 0 Å². The summed E-state index contributed by atoms with van der Waals surface area (Å²) < 4.78 is 72.7. The zero-order valence-electron chi connectivity index (χ0n) is 48.3. The van der Waals surface area contributed by atoms with Gasteiger partial charge in [0.05, 0.1) is 96.7 Å². The van der Waals surface area contributed by atoms with E-state index in [1.807, 2.05) is 35.8 Å². The minimum Gasteiger partial charge on any atom is -0.492 e. The van der Waals surface area contributed by atoms with Crippen LogP contribution in [-0.4, -0.2) is 224 Å². The van der Waals surface area contributed by atoms with E-state index >= 15 is 0 Å². The number of allylic oxidation sites excluding steroid dienone is 2. The van der Waals surface area contributed by atoms with Gasteiger partial charge in [0.2, 0.25) is 17.2 Å². The van der Waals surface area contributed by atoms with E-state index in [0.717, 1.165) is 11.8 Å². The fourth-order valence-electron chi connectivity index (χ4n) is 10.7. The van der Waals surface area contributed by atoms with Crippen LogP contribution >= 0.6 is 65.8 Å². The second kappa shape index (κ2) is 31.7. The Labute approximate surface area is 518 Å². The van der Waals surface area contributed by atoms with E-state index in [1.54, 1.807) is 40.9 Å². The van der Waals surface area contributed by atoms with Crippen molar-refractivity contribution in [2.75, 3.05) is 60.7 Å². The van der Waals surface area contributed by atoms with Gasteiger partial charge in [-0.3, -0.25) is 14.9 Å². The van der Waals surface area contributed by atoms with Crippen molar-refractivity contribution in [3.63, 3.8) is 0 Å². The zero-order chi connectivity index (χ0) is 61.2. The Hall–Kier alpha value is -2.65. The molecule has 0 unspecified atom stereocenters. The number of aliphatic hydroxyl groups excluding tert-OH is 5. The van der Waals surface area contributed by atoms with Crippen LogP contribution in [-0.2, 0) is 47.5 Å². The zero-order valence-corrected chi connectivity index (χ0v) is 53.7. The van der Waals surface area contributed by atoms with Crippen molar-refractivity contribution in [1.82, 2.24) is 16.1 Å². The monoisotopic (exact) mass is 1370 g/mol. The fraction of sp³-hybridized carbons (Fsp3) is 0.673. The summed E-state index contributed by atoms with van der Waals surface area (Å²) in [6.45, 7) is 9.46. The SMILES string of the molecule is CCN[C@H]1CO[C@@H](O[C@H]2[C@H](O[C@H]3C#C/C=C\C#C[C@]4(O)C[C@H](O)C(NC(=O)OC)=C3/C4=C\CSSSC)O[C@H](C)[C@@H](NO[C@H]3C[C@H](O)[C@H](SC(=O)c4c(C)c(I)c(O[C@@H]5O[C@@H](C)[C@H](O)[C@@H](OC)[C@H]5O)c(OC)c4OC)[C@@H](C)O3)[C@@H]2O)C[C@@H]1OC. The largest absolute Gasteiger partial charge is 0.492 e. The lowest BCUT2D eigenvalue weighted by atomic mass is 9.74. The van der Waals surface area contributed by atoms with Crippen molar-refractivity contribution in [2.24, 2.45) is 0 Å². The maximum atomic E-state index is 14.4. The van der Waals surface area contributed by atoms with E-state index in [4.69, 9.17) is 61.7 Å². The summed E-state index contributed by atoms with van der Waals surface area (Å²) in [4.78, 5) is 33.5. The number of thioether (sulfide) groups is 1. The van der Waals surface area contributed by atoms with Crippen LogP contribution in [0, 0.1) is 34.2 Å². The maximum absolute atomic E-state index is 14.4. The molecular formula is C55H76IN3O21S4. The van der Waals surface area contributed by atoms with Gasteiger partial charge in [-0.05, 0) is 90.6 Å². The number of nitrogens with one attached hydrogen (secondary N) is 3. The highest BCUT2D eigenvalue weighted by Crippen LogP contribution is 2.49. The van der Waals surface area contributed by atoms with Gasteiger partial charge in [-0.25, -0.2) is 4.79 Å². The molecule has 20 atom stereocenters. The number of rotatable bonds is 22. The molecule has 0 saturated carbocycles. The van der Waals surface area contributed by atoms with Crippen LogP contribution in [0.5, 0.6) is 17.2 Å². The van der Waals surface area contributed by atoms with Crippen LogP contribution in [0.2, 0.25) is 0 Å². The van der Waals surface area contributed by atoms with Gasteiger partial charge >= 0.3 is 6.09 Å². The number of hydroxylamine groups is 1. The molecule has 7 rings (SSSR count). The highest BCUT2D eigenvalue weighted by Gasteiger charge is 2.52. The number of carbonyl (C=O) groups excluding carboxylic acids is 2. The first-order valence-electron chi connectivity index (χ1n) is 27.0. The van der Waals surface area contributed by atoms with Crippen molar-refractivity contribution < 1.29 is 102 Å². The van der Waals surface area contributed by atoms with E-state index in [9.17, 15) is 40.2 Å². The molecule has 0 spiro atoms. The molecule has 24 nitrogen and oxygen atoms in total. The number of carbonyl (C=O) groups is 2. The highest BCUT2D eigenvalue weighted by atomic mass is 127. The Balaban J connectivity index is 1.12. The molecule has 4 saturated heterocycles. The molecule has 1 aromatic rings. The molecule has 6 aliphatic rings. The number of hydrogen-bond donors (Lipinski definition) is 9. The lowest BCUT2D eigenvalue weighted by Crippen LogP contribution is -2.65. The average Bonchev–Trinajstić information content (AvgIpc) is 1.36.